The number of benzene rings is 2. The predicted octanol–water partition coefficient (Wildman–Crippen LogP) is 4.59. The lowest BCUT2D eigenvalue weighted by atomic mass is 9.86. The average molecular weight is 649 g/mol. The number of likely N-dealkylation sites (N-methyl/N-ethyl adjacent to an activating group) is 1. The Labute approximate surface area is 281 Å². The second kappa shape index (κ2) is 13.1. The molecule has 2 saturated heterocycles. The number of nitrogens with one attached hydrogen (secondary N) is 2. The van der Waals surface area contributed by atoms with Crippen molar-refractivity contribution in [3.05, 3.63) is 65.6 Å². The molecule has 0 saturated carbocycles. The van der Waals surface area contributed by atoms with E-state index in [1.165, 1.54) is 19.2 Å². The Balaban J connectivity index is 1.09. The summed E-state index contributed by atoms with van der Waals surface area (Å²) in [4.78, 5) is 54.3. The molecule has 3 aliphatic rings. The van der Waals surface area contributed by atoms with E-state index < -0.39 is 5.41 Å². The summed E-state index contributed by atoms with van der Waals surface area (Å²) in [5.41, 5.74) is 5.30. The number of aryl methyl sites for hydroxylation is 1. The molecule has 0 spiro atoms. The molecule has 7 rings (SSSR count). The molecule has 3 aliphatic heterocycles. The number of carbonyl (C=O) groups excluding carboxylic acids is 2. The molecule has 2 N–H and O–H groups in total. The van der Waals surface area contributed by atoms with Gasteiger partial charge in [0.1, 0.15) is 17.4 Å². The zero-order chi connectivity index (χ0) is 33.4. The summed E-state index contributed by atoms with van der Waals surface area (Å²) < 4.78 is 0. The molecule has 0 bridgehead atoms. The first kappa shape index (κ1) is 31.9. The van der Waals surface area contributed by atoms with Crippen LogP contribution in [0.4, 0.5) is 28.8 Å². The van der Waals surface area contributed by atoms with Gasteiger partial charge in [-0.25, -0.2) is 19.9 Å². The van der Waals surface area contributed by atoms with Crippen molar-refractivity contribution in [2.24, 2.45) is 0 Å². The van der Waals surface area contributed by atoms with E-state index in [9.17, 15) is 9.59 Å². The largest absolute Gasteiger partial charge is 0.339 e. The Morgan fingerprint density at radius 1 is 0.917 bits per heavy atom. The van der Waals surface area contributed by atoms with Gasteiger partial charge in [0.15, 0.2) is 5.82 Å². The van der Waals surface area contributed by atoms with Gasteiger partial charge >= 0.3 is 0 Å². The number of nitrogens with zero attached hydrogens (tertiary/aromatic N) is 8. The Morgan fingerprint density at radius 3 is 2.58 bits per heavy atom. The highest BCUT2D eigenvalue weighted by Gasteiger charge is 2.44. The fraction of sp³-hybridized carbons (Fsp3) is 0.444. The number of hydrogen-bond acceptors (Lipinski definition) is 10. The number of fused-ring (bicyclic) bond motifs is 2. The topological polar surface area (TPSA) is 123 Å². The van der Waals surface area contributed by atoms with Gasteiger partial charge in [0.2, 0.25) is 11.9 Å². The van der Waals surface area contributed by atoms with Crippen molar-refractivity contribution in [3.63, 3.8) is 0 Å². The minimum absolute atomic E-state index is 0.100. The highest BCUT2D eigenvalue weighted by Crippen LogP contribution is 2.43. The maximum atomic E-state index is 13.6. The first-order chi connectivity index (χ1) is 23.2. The molecule has 48 heavy (non-hydrogen) atoms. The van der Waals surface area contributed by atoms with E-state index in [1.54, 1.807) is 6.20 Å². The standard InChI is InChI=1S/C36H44N10O2/c1-24-8-9-25(20-28(24)41-32-31-29(38-23-39-32)22-37-35(42-31)45-15-7-12-43(4)16-18-45)33(47)40-26-10-11-30-27(21-26)36(2,3)34(48)46(30)19-17-44-13-5-6-14-44/h8-11,20-23H,5-7,12-19H2,1-4H3,(H,40,47)(H,38,39,41). The monoisotopic (exact) mass is 648 g/mol. The summed E-state index contributed by atoms with van der Waals surface area (Å²) in [6.07, 6.45) is 6.73. The summed E-state index contributed by atoms with van der Waals surface area (Å²) in [5.74, 6) is 1.07. The molecule has 0 aliphatic carbocycles. The molecule has 12 heteroatoms. The second-order valence-corrected chi connectivity index (χ2v) is 13.7. The number of carbonyl (C=O) groups is 2. The van der Waals surface area contributed by atoms with Crippen molar-refractivity contribution in [1.82, 2.24) is 29.7 Å². The molecule has 250 valence electrons. The molecule has 0 unspecified atom stereocenters. The van der Waals surface area contributed by atoms with Crippen LogP contribution in [0.25, 0.3) is 11.0 Å². The quantitative estimate of drug-likeness (QED) is 0.281. The van der Waals surface area contributed by atoms with Crippen LogP contribution in [0.2, 0.25) is 0 Å². The molecule has 4 aromatic rings. The van der Waals surface area contributed by atoms with Crippen molar-refractivity contribution in [2.75, 3.05) is 79.8 Å². The Bertz CT molecular complexity index is 1850. The summed E-state index contributed by atoms with van der Waals surface area (Å²) in [6.45, 7) is 13.4. The summed E-state index contributed by atoms with van der Waals surface area (Å²) in [5, 5.41) is 6.48. The Morgan fingerprint density at radius 2 is 1.75 bits per heavy atom. The maximum Gasteiger partial charge on any atom is 0.255 e. The van der Waals surface area contributed by atoms with Crippen LogP contribution in [0.15, 0.2) is 48.9 Å². The zero-order valence-electron chi connectivity index (χ0n) is 28.3. The van der Waals surface area contributed by atoms with Crippen LogP contribution < -0.4 is 20.4 Å². The van der Waals surface area contributed by atoms with E-state index in [-0.39, 0.29) is 11.8 Å². The van der Waals surface area contributed by atoms with E-state index in [2.05, 4.69) is 47.3 Å². The lowest BCUT2D eigenvalue weighted by molar-refractivity contribution is -0.122. The molecule has 2 aromatic heterocycles. The molecular weight excluding hydrogens is 604 g/mol. The fourth-order valence-corrected chi connectivity index (χ4v) is 6.95. The number of hydrogen-bond donors (Lipinski definition) is 2. The molecule has 5 heterocycles. The third-order valence-corrected chi connectivity index (χ3v) is 9.96. The van der Waals surface area contributed by atoms with Crippen LogP contribution in [0.3, 0.4) is 0 Å². The normalized spacial score (nSPS) is 18.3. The fourth-order valence-electron chi connectivity index (χ4n) is 6.95. The smallest absolute Gasteiger partial charge is 0.255 e. The molecule has 2 fully saturated rings. The molecule has 12 nitrogen and oxygen atoms in total. The van der Waals surface area contributed by atoms with E-state index in [4.69, 9.17) is 4.98 Å². The van der Waals surface area contributed by atoms with Crippen LogP contribution in [0.1, 0.15) is 54.6 Å². The summed E-state index contributed by atoms with van der Waals surface area (Å²) >= 11 is 0. The number of likely N-dealkylation sites (tertiary alicyclic amines) is 1. The van der Waals surface area contributed by atoms with Gasteiger partial charge in [-0.05, 0) is 108 Å². The van der Waals surface area contributed by atoms with Crippen molar-refractivity contribution in [3.8, 4) is 0 Å². The zero-order valence-corrected chi connectivity index (χ0v) is 28.3. The van der Waals surface area contributed by atoms with E-state index in [0.717, 1.165) is 74.7 Å². The van der Waals surface area contributed by atoms with Gasteiger partial charge in [0.25, 0.3) is 5.91 Å². The lowest BCUT2D eigenvalue weighted by Crippen LogP contribution is -2.40. The second-order valence-electron chi connectivity index (χ2n) is 13.7. The Kier molecular flexibility index (Phi) is 8.69. The van der Waals surface area contributed by atoms with Crippen LogP contribution in [0.5, 0.6) is 0 Å². The van der Waals surface area contributed by atoms with E-state index in [0.29, 0.717) is 40.6 Å². The number of amides is 2. The van der Waals surface area contributed by atoms with Crippen molar-refractivity contribution in [2.45, 2.75) is 45.4 Å². The number of aromatic nitrogens is 4. The molecule has 2 amide bonds. The van der Waals surface area contributed by atoms with Gasteiger partial charge in [-0.15, -0.1) is 0 Å². The first-order valence-corrected chi connectivity index (χ1v) is 17.0. The summed E-state index contributed by atoms with van der Waals surface area (Å²) in [7, 11) is 2.14. The van der Waals surface area contributed by atoms with Crippen LogP contribution >= 0.6 is 0 Å². The predicted molar refractivity (Wildman–Crippen MR) is 189 cm³/mol. The summed E-state index contributed by atoms with van der Waals surface area (Å²) in [6, 6.07) is 11.3. The highest BCUT2D eigenvalue weighted by molar-refractivity contribution is 6.09. The van der Waals surface area contributed by atoms with Gasteiger partial charge in [-0.2, -0.15) is 0 Å². The van der Waals surface area contributed by atoms with Crippen LogP contribution in [-0.2, 0) is 10.2 Å². The highest BCUT2D eigenvalue weighted by atomic mass is 16.2. The van der Waals surface area contributed by atoms with Crippen LogP contribution in [0, 0.1) is 6.92 Å². The molecule has 0 radical (unpaired) electrons. The number of anilines is 5. The molecular formula is C36H44N10O2. The SMILES string of the molecule is Cc1ccc(C(=O)Nc2ccc3c(c2)C(C)(C)C(=O)N3CCN2CCCC2)cc1Nc1ncnc2cnc(N3CCCN(C)CC3)nc12. The van der Waals surface area contributed by atoms with Crippen molar-refractivity contribution >= 4 is 51.7 Å². The van der Waals surface area contributed by atoms with Crippen LogP contribution in [-0.4, -0.2) is 101 Å². The minimum atomic E-state index is -0.671. The minimum Gasteiger partial charge on any atom is -0.339 e. The first-order valence-electron chi connectivity index (χ1n) is 17.0. The van der Waals surface area contributed by atoms with Crippen molar-refractivity contribution in [1.29, 1.82) is 0 Å². The van der Waals surface area contributed by atoms with Gasteiger partial charge in [0, 0.05) is 55.3 Å². The third kappa shape index (κ3) is 6.29. The third-order valence-electron chi connectivity index (χ3n) is 9.96. The van der Waals surface area contributed by atoms with Gasteiger partial charge in [-0.3, -0.25) is 9.59 Å². The van der Waals surface area contributed by atoms with E-state index in [1.807, 2.05) is 62.1 Å². The maximum absolute atomic E-state index is 13.6. The molecule has 0 atom stereocenters. The van der Waals surface area contributed by atoms with E-state index >= 15 is 0 Å². The van der Waals surface area contributed by atoms with Gasteiger partial charge in [0.05, 0.1) is 11.6 Å². The Hall–Kier alpha value is -4.68. The van der Waals surface area contributed by atoms with Gasteiger partial charge < -0.3 is 30.2 Å². The average Bonchev–Trinajstić information content (AvgIpc) is 3.59. The van der Waals surface area contributed by atoms with Gasteiger partial charge in [-0.1, -0.05) is 6.07 Å². The number of rotatable bonds is 8. The molecule has 2 aromatic carbocycles. The van der Waals surface area contributed by atoms with Crippen molar-refractivity contribution < 1.29 is 9.59 Å². The lowest BCUT2D eigenvalue weighted by Gasteiger charge is -2.23.